The average molecular weight is 293 g/mol. The molecule has 0 bridgehead atoms. The molecular weight excluding hydrogens is 274 g/mol. The Morgan fingerprint density at radius 2 is 2.33 bits per heavy atom. The fraction of sp³-hybridized carbons (Fsp3) is 0.500. The second-order valence-electron chi connectivity index (χ2n) is 4.89. The summed E-state index contributed by atoms with van der Waals surface area (Å²) in [5.41, 5.74) is 1.47. The zero-order chi connectivity index (χ0) is 15.4. The highest BCUT2D eigenvalue weighted by Crippen LogP contribution is 2.26. The lowest BCUT2D eigenvalue weighted by atomic mass is 10.1. The number of esters is 1. The minimum atomic E-state index is -0.403. The van der Waals surface area contributed by atoms with Gasteiger partial charge in [-0.3, -0.25) is 10.1 Å². The summed E-state index contributed by atoms with van der Waals surface area (Å²) in [5, 5.41) is 14.0. The van der Waals surface area contributed by atoms with Crippen LogP contribution >= 0.6 is 0 Å². The van der Waals surface area contributed by atoms with Gasteiger partial charge in [0, 0.05) is 37.0 Å². The van der Waals surface area contributed by atoms with Crippen LogP contribution in [0.4, 0.5) is 11.4 Å². The van der Waals surface area contributed by atoms with Crippen molar-refractivity contribution in [2.24, 2.45) is 0 Å². The van der Waals surface area contributed by atoms with Crippen LogP contribution < -0.4 is 10.2 Å². The van der Waals surface area contributed by atoms with Gasteiger partial charge in [0.15, 0.2) is 0 Å². The molecule has 1 N–H and O–H groups in total. The average Bonchev–Trinajstić information content (AvgIpc) is 2.47. The number of nitro groups is 1. The smallest absolute Gasteiger partial charge is 0.330 e. The van der Waals surface area contributed by atoms with E-state index in [1.807, 2.05) is 4.90 Å². The first-order valence-corrected chi connectivity index (χ1v) is 6.93. The van der Waals surface area contributed by atoms with Gasteiger partial charge in [-0.2, -0.15) is 0 Å². The number of aryl methyl sites for hydroxylation is 1. The van der Waals surface area contributed by atoms with E-state index in [4.69, 9.17) is 4.74 Å². The molecule has 2 rings (SSSR count). The van der Waals surface area contributed by atoms with E-state index in [1.165, 1.54) is 6.07 Å². The van der Waals surface area contributed by atoms with Crippen molar-refractivity contribution in [2.75, 3.05) is 31.1 Å². The largest absolute Gasteiger partial charge is 0.464 e. The third-order valence-corrected chi connectivity index (χ3v) is 3.51. The first-order valence-electron chi connectivity index (χ1n) is 6.93. The van der Waals surface area contributed by atoms with Gasteiger partial charge in [0.2, 0.25) is 0 Å². The van der Waals surface area contributed by atoms with E-state index in [-0.39, 0.29) is 11.7 Å². The van der Waals surface area contributed by atoms with Gasteiger partial charge in [0.25, 0.3) is 5.69 Å². The van der Waals surface area contributed by atoms with E-state index in [0.717, 1.165) is 12.2 Å². The molecule has 114 valence electrons. The summed E-state index contributed by atoms with van der Waals surface area (Å²) in [6.07, 6.45) is 0. The number of piperazine rings is 1. The second kappa shape index (κ2) is 6.53. The maximum Gasteiger partial charge on any atom is 0.330 e. The minimum absolute atomic E-state index is 0.0848. The molecule has 21 heavy (non-hydrogen) atoms. The van der Waals surface area contributed by atoms with Crippen molar-refractivity contribution in [3.05, 3.63) is 33.9 Å². The molecule has 0 amide bonds. The van der Waals surface area contributed by atoms with E-state index in [2.05, 4.69) is 5.32 Å². The first kappa shape index (κ1) is 15.2. The molecule has 1 aromatic carbocycles. The number of nitrogens with zero attached hydrogens (tertiary/aromatic N) is 2. The summed E-state index contributed by atoms with van der Waals surface area (Å²) < 4.78 is 5.10. The Morgan fingerprint density at radius 1 is 1.57 bits per heavy atom. The van der Waals surface area contributed by atoms with Crippen LogP contribution in [0.15, 0.2) is 18.2 Å². The Labute approximate surface area is 123 Å². The predicted octanol–water partition coefficient (Wildman–Crippen LogP) is 1.24. The number of nitrogens with one attached hydrogen (secondary N) is 1. The van der Waals surface area contributed by atoms with E-state index >= 15 is 0 Å². The van der Waals surface area contributed by atoms with Crippen molar-refractivity contribution >= 4 is 17.3 Å². The topological polar surface area (TPSA) is 84.7 Å². The van der Waals surface area contributed by atoms with Crippen LogP contribution in [0.2, 0.25) is 0 Å². The Bertz CT molecular complexity index is 547. The Balaban J connectivity index is 2.27. The Hall–Kier alpha value is -2.15. The summed E-state index contributed by atoms with van der Waals surface area (Å²) in [7, 11) is 0. The maximum absolute atomic E-state index is 12.0. The zero-order valence-electron chi connectivity index (χ0n) is 12.2. The third kappa shape index (κ3) is 3.30. The van der Waals surface area contributed by atoms with Gasteiger partial charge in [0.05, 0.1) is 11.5 Å². The fourth-order valence-corrected chi connectivity index (χ4v) is 2.49. The highest BCUT2D eigenvalue weighted by Gasteiger charge is 2.30. The number of benzene rings is 1. The van der Waals surface area contributed by atoms with Crippen molar-refractivity contribution in [3.8, 4) is 0 Å². The van der Waals surface area contributed by atoms with Crippen molar-refractivity contribution in [2.45, 2.75) is 19.9 Å². The van der Waals surface area contributed by atoms with Gasteiger partial charge >= 0.3 is 5.97 Å². The molecule has 7 nitrogen and oxygen atoms in total. The molecule has 1 aromatic rings. The van der Waals surface area contributed by atoms with Crippen LogP contribution in [-0.4, -0.2) is 43.2 Å². The summed E-state index contributed by atoms with van der Waals surface area (Å²) in [6.45, 7) is 5.72. The molecule has 1 saturated heterocycles. The van der Waals surface area contributed by atoms with Crippen molar-refractivity contribution < 1.29 is 14.5 Å². The number of carbonyl (C=O) groups is 1. The van der Waals surface area contributed by atoms with Crippen LogP contribution in [0.5, 0.6) is 0 Å². The van der Waals surface area contributed by atoms with Crippen molar-refractivity contribution in [1.29, 1.82) is 0 Å². The molecule has 1 heterocycles. The number of carbonyl (C=O) groups excluding carboxylic acids is 1. The number of ether oxygens (including phenoxy) is 1. The van der Waals surface area contributed by atoms with Crippen LogP contribution in [0.25, 0.3) is 0 Å². The minimum Gasteiger partial charge on any atom is -0.464 e. The molecule has 0 saturated carbocycles. The maximum atomic E-state index is 12.0. The van der Waals surface area contributed by atoms with E-state index < -0.39 is 11.0 Å². The molecular formula is C14H19N3O4. The van der Waals surface area contributed by atoms with E-state index in [9.17, 15) is 14.9 Å². The summed E-state index contributed by atoms with van der Waals surface area (Å²) >= 11 is 0. The molecule has 1 unspecified atom stereocenters. The molecule has 0 spiro atoms. The number of rotatable bonds is 4. The lowest BCUT2D eigenvalue weighted by Crippen LogP contribution is -2.55. The SMILES string of the molecule is CCOC(=O)C1CNCCN1c1ccc([N+](=O)[O-])c(C)c1. The van der Waals surface area contributed by atoms with Gasteiger partial charge in [-0.15, -0.1) is 0 Å². The number of hydrogen-bond acceptors (Lipinski definition) is 6. The predicted molar refractivity (Wildman–Crippen MR) is 78.5 cm³/mol. The van der Waals surface area contributed by atoms with Crippen LogP contribution in [0.3, 0.4) is 0 Å². The molecule has 1 atom stereocenters. The summed E-state index contributed by atoms with van der Waals surface area (Å²) in [6, 6.07) is 4.51. The van der Waals surface area contributed by atoms with Crippen LogP contribution in [0.1, 0.15) is 12.5 Å². The van der Waals surface area contributed by atoms with Crippen LogP contribution in [-0.2, 0) is 9.53 Å². The van der Waals surface area contributed by atoms with E-state index in [0.29, 0.717) is 25.3 Å². The first-order chi connectivity index (χ1) is 10.0. The highest BCUT2D eigenvalue weighted by atomic mass is 16.6. The fourth-order valence-electron chi connectivity index (χ4n) is 2.49. The number of nitro benzene ring substituents is 1. The summed E-state index contributed by atoms with van der Waals surface area (Å²) in [5.74, 6) is -0.277. The van der Waals surface area contributed by atoms with Gasteiger partial charge in [-0.25, -0.2) is 4.79 Å². The van der Waals surface area contributed by atoms with Gasteiger partial charge in [-0.05, 0) is 26.0 Å². The van der Waals surface area contributed by atoms with Crippen LogP contribution in [0, 0.1) is 17.0 Å². The molecule has 1 fully saturated rings. The van der Waals surface area contributed by atoms with Crippen molar-refractivity contribution in [1.82, 2.24) is 5.32 Å². The lowest BCUT2D eigenvalue weighted by Gasteiger charge is -2.36. The second-order valence-corrected chi connectivity index (χ2v) is 4.89. The molecule has 1 aliphatic rings. The Morgan fingerprint density at radius 3 is 2.95 bits per heavy atom. The number of anilines is 1. The normalized spacial score (nSPS) is 18.4. The summed E-state index contributed by atoms with van der Waals surface area (Å²) in [4.78, 5) is 24.4. The zero-order valence-corrected chi connectivity index (χ0v) is 12.2. The molecule has 0 aliphatic carbocycles. The molecule has 7 heteroatoms. The lowest BCUT2D eigenvalue weighted by molar-refractivity contribution is -0.385. The number of hydrogen-bond donors (Lipinski definition) is 1. The molecule has 1 aliphatic heterocycles. The van der Waals surface area contributed by atoms with Gasteiger partial charge in [0.1, 0.15) is 6.04 Å². The highest BCUT2D eigenvalue weighted by molar-refractivity contribution is 5.81. The van der Waals surface area contributed by atoms with E-state index in [1.54, 1.807) is 26.0 Å². The molecule has 0 aromatic heterocycles. The van der Waals surface area contributed by atoms with Gasteiger partial charge in [-0.1, -0.05) is 0 Å². The van der Waals surface area contributed by atoms with Crippen molar-refractivity contribution in [3.63, 3.8) is 0 Å². The quantitative estimate of drug-likeness (QED) is 0.511. The standard InChI is InChI=1S/C14H19N3O4/c1-3-21-14(18)13-9-15-6-7-16(13)11-4-5-12(17(19)20)10(2)8-11/h4-5,8,13,15H,3,6-7,9H2,1-2H3. The molecule has 0 radical (unpaired) electrons. The van der Waals surface area contributed by atoms with Gasteiger partial charge < -0.3 is 15.0 Å². The Kier molecular flexibility index (Phi) is 4.74. The third-order valence-electron chi connectivity index (χ3n) is 3.51. The monoisotopic (exact) mass is 293 g/mol.